The largest absolute Gasteiger partial charge is 0.508 e. The van der Waals surface area contributed by atoms with Gasteiger partial charge in [-0.1, -0.05) is 24.3 Å². The lowest BCUT2D eigenvalue weighted by Gasteiger charge is -2.24. The lowest BCUT2D eigenvalue weighted by atomic mass is 10.1. The highest BCUT2D eigenvalue weighted by Crippen LogP contribution is 2.45. The topological polar surface area (TPSA) is 103 Å². The first kappa shape index (κ1) is 19.2. The molecule has 2 aromatic heterocycles. The summed E-state index contributed by atoms with van der Waals surface area (Å²) in [6.45, 7) is 0. The Morgan fingerprint density at radius 1 is 1.00 bits per heavy atom. The zero-order chi connectivity index (χ0) is 21.1. The van der Waals surface area contributed by atoms with Crippen molar-refractivity contribution in [3.8, 4) is 11.8 Å². The summed E-state index contributed by atoms with van der Waals surface area (Å²) in [5, 5.41) is 20.0. The summed E-state index contributed by atoms with van der Waals surface area (Å²) in [6.07, 6.45) is 1.54. The highest BCUT2D eigenvalue weighted by atomic mass is 32.1. The Hall–Kier alpha value is -4.15. The first-order valence-electron chi connectivity index (χ1n) is 9.02. The van der Waals surface area contributed by atoms with Gasteiger partial charge in [-0.25, -0.2) is 0 Å². The fourth-order valence-electron chi connectivity index (χ4n) is 3.04. The highest BCUT2D eigenvalue weighted by Gasteiger charge is 2.27. The van der Waals surface area contributed by atoms with E-state index in [9.17, 15) is 15.2 Å². The van der Waals surface area contributed by atoms with Crippen molar-refractivity contribution in [2.45, 2.75) is 0 Å². The Labute approximate surface area is 177 Å². The van der Waals surface area contributed by atoms with Crippen LogP contribution in [0.4, 0.5) is 22.1 Å². The first-order chi connectivity index (χ1) is 14.6. The van der Waals surface area contributed by atoms with Gasteiger partial charge in [0.15, 0.2) is 0 Å². The van der Waals surface area contributed by atoms with Gasteiger partial charge in [0.1, 0.15) is 33.0 Å². The van der Waals surface area contributed by atoms with E-state index in [2.05, 4.69) is 11.1 Å². The molecule has 0 radical (unpaired) electrons. The van der Waals surface area contributed by atoms with Gasteiger partial charge in [-0.05, 0) is 48.5 Å². The molecule has 6 nitrogen and oxygen atoms in total. The van der Waals surface area contributed by atoms with Gasteiger partial charge in [-0.15, -0.1) is 11.3 Å². The summed E-state index contributed by atoms with van der Waals surface area (Å²) in [5.74, 6) is -0.205. The second kappa shape index (κ2) is 8.07. The smallest absolute Gasteiger partial charge is 0.223 e. The number of nitrogens with two attached hydrogens (primary N) is 1. The van der Waals surface area contributed by atoms with Crippen molar-refractivity contribution in [1.29, 1.82) is 5.26 Å². The van der Waals surface area contributed by atoms with Crippen LogP contribution in [-0.4, -0.2) is 15.9 Å². The van der Waals surface area contributed by atoms with E-state index < -0.39 is 0 Å². The predicted molar refractivity (Wildman–Crippen MR) is 117 cm³/mol. The third-order valence-corrected chi connectivity index (χ3v) is 5.66. The minimum Gasteiger partial charge on any atom is -0.508 e. The molecule has 30 heavy (non-hydrogen) atoms. The fraction of sp³-hybridized carbons (Fsp3) is 0. The van der Waals surface area contributed by atoms with E-state index in [1.165, 1.54) is 6.20 Å². The number of benzene rings is 2. The Morgan fingerprint density at radius 2 is 1.67 bits per heavy atom. The van der Waals surface area contributed by atoms with E-state index >= 15 is 0 Å². The Balaban J connectivity index is 1.90. The number of rotatable bonds is 5. The number of carbonyl (C=O) groups is 1. The summed E-state index contributed by atoms with van der Waals surface area (Å²) in [5.41, 5.74) is 8.36. The molecular weight excluding hydrogens is 396 g/mol. The summed E-state index contributed by atoms with van der Waals surface area (Å²) < 4.78 is 0. The van der Waals surface area contributed by atoms with Gasteiger partial charge in [0.2, 0.25) is 5.78 Å². The van der Waals surface area contributed by atoms with Crippen LogP contribution in [0.5, 0.6) is 5.75 Å². The number of pyridine rings is 1. The second-order valence-electron chi connectivity index (χ2n) is 6.37. The molecule has 0 unspecified atom stereocenters. The van der Waals surface area contributed by atoms with E-state index in [-0.39, 0.29) is 33.4 Å². The number of hydrogen-bond donors (Lipinski definition) is 2. The molecule has 2 aromatic carbocycles. The minimum atomic E-state index is -0.334. The van der Waals surface area contributed by atoms with Crippen LogP contribution in [0, 0.1) is 11.3 Å². The molecule has 2 heterocycles. The van der Waals surface area contributed by atoms with Crippen LogP contribution >= 0.6 is 11.3 Å². The molecule has 146 valence electrons. The third kappa shape index (κ3) is 3.48. The lowest BCUT2D eigenvalue weighted by molar-refractivity contribution is 0.103. The van der Waals surface area contributed by atoms with Crippen LogP contribution in [0.1, 0.15) is 20.9 Å². The monoisotopic (exact) mass is 412 g/mol. The maximum absolute atomic E-state index is 13.0. The third-order valence-electron chi connectivity index (χ3n) is 4.47. The molecule has 0 aliphatic carbocycles. The zero-order valence-corrected chi connectivity index (χ0v) is 16.5. The van der Waals surface area contributed by atoms with Crippen molar-refractivity contribution in [1.82, 2.24) is 4.98 Å². The molecule has 0 saturated carbocycles. The summed E-state index contributed by atoms with van der Waals surface area (Å²) in [7, 11) is 0. The Kier molecular flexibility index (Phi) is 5.16. The number of nitrogen functional groups attached to an aromatic ring is 1. The number of nitrogens with zero attached hydrogens (tertiary/aromatic N) is 3. The number of anilines is 4. The number of para-hydroxylation sites is 1. The molecule has 0 fully saturated rings. The Morgan fingerprint density at radius 3 is 2.30 bits per heavy atom. The molecule has 0 atom stereocenters. The molecule has 3 N–H and O–H groups in total. The minimum absolute atomic E-state index is 0.129. The molecule has 4 rings (SSSR count). The van der Waals surface area contributed by atoms with E-state index in [1.807, 2.05) is 35.2 Å². The summed E-state index contributed by atoms with van der Waals surface area (Å²) in [4.78, 5) is 19.2. The van der Waals surface area contributed by atoms with Crippen molar-refractivity contribution in [3.63, 3.8) is 0 Å². The number of nitriles is 1. The second-order valence-corrected chi connectivity index (χ2v) is 7.37. The van der Waals surface area contributed by atoms with Crippen molar-refractivity contribution in [2.75, 3.05) is 10.6 Å². The molecule has 0 spiro atoms. The predicted octanol–water partition coefficient (Wildman–Crippen LogP) is 5.00. The van der Waals surface area contributed by atoms with Crippen LogP contribution in [-0.2, 0) is 0 Å². The standard InChI is InChI=1S/C23H16N4O2S/c24-14-18-20(25)22(21(29)19-8-4-5-13-26-19)30-23(18)27(15-6-2-1-3-7-15)16-9-11-17(28)12-10-16/h1-13,28H,25H2. The normalized spacial score (nSPS) is 10.4. The van der Waals surface area contributed by atoms with E-state index in [4.69, 9.17) is 5.73 Å². The number of aromatic hydroxyl groups is 1. The molecular formula is C23H16N4O2S. The molecule has 0 bridgehead atoms. The average Bonchev–Trinajstić information content (AvgIpc) is 3.12. The average molecular weight is 412 g/mol. The summed E-state index contributed by atoms with van der Waals surface area (Å²) in [6, 6.07) is 23.2. The number of phenols is 1. The zero-order valence-electron chi connectivity index (χ0n) is 15.7. The number of thiophene rings is 1. The van der Waals surface area contributed by atoms with Gasteiger partial charge < -0.3 is 15.7 Å². The maximum atomic E-state index is 13.0. The molecule has 0 amide bonds. The van der Waals surface area contributed by atoms with Gasteiger partial charge in [0, 0.05) is 17.6 Å². The van der Waals surface area contributed by atoms with Crippen LogP contribution in [0.2, 0.25) is 0 Å². The fourth-order valence-corrected chi connectivity index (χ4v) is 4.20. The lowest BCUT2D eigenvalue weighted by Crippen LogP contribution is -2.09. The van der Waals surface area contributed by atoms with E-state index in [1.54, 1.807) is 42.5 Å². The number of aromatic nitrogens is 1. The van der Waals surface area contributed by atoms with Crippen LogP contribution in [0.25, 0.3) is 0 Å². The quantitative estimate of drug-likeness (QED) is 0.447. The molecule has 0 aliphatic rings. The van der Waals surface area contributed by atoms with Crippen molar-refractivity contribution in [3.05, 3.63) is 95.1 Å². The van der Waals surface area contributed by atoms with Gasteiger partial charge in [0.05, 0.1) is 5.69 Å². The maximum Gasteiger partial charge on any atom is 0.223 e. The van der Waals surface area contributed by atoms with Gasteiger partial charge in [0.25, 0.3) is 0 Å². The number of ketones is 1. The molecule has 7 heteroatoms. The summed E-state index contributed by atoms with van der Waals surface area (Å²) >= 11 is 1.14. The molecule has 0 saturated heterocycles. The Bertz CT molecular complexity index is 1230. The van der Waals surface area contributed by atoms with Gasteiger partial charge in [-0.3, -0.25) is 9.78 Å². The van der Waals surface area contributed by atoms with Crippen LogP contribution in [0.15, 0.2) is 79.0 Å². The van der Waals surface area contributed by atoms with Crippen molar-refractivity contribution in [2.24, 2.45) is 0 Å². The van der Waals surface area contributed by atoms with Crippen LogP contribution in [0.3, 0.4) is 0 Å². The molecule has 0 aliphatic heterocycles. The number of carbonyl (C=O) groups excluding carboxylic acids is 1. The number of hydrogen-bond acceptors (Lipinski definition) is 7. The van der Waals surface area contributed by atoms with E-state index in [0.29, 0.717) is 10.7 Å². The van der Waals surface area contributed by atoms with Crippen molar-refractivity contribution < 1.29 is 9.90 Å². The SMILES string of the molecule is N#Cc1c(N(c2ccccc2)c2ccc(O)cc2)sc(C(=O)c2ccccn2)c1N. The molecule has 4 aromatic rings. The van der Waals surface area contributed by atoms with Gasteiger partial charge in [-0.2, -0.15) is 5.26 Å². The first-order valence-corrected chi connectivity index (χ1v) is 9.84. The van der Waals surface area contributed by atoms with Crippen molar-refractivity contribution >= 4 is 39.2 Å². The van der Waals surface area contributed by atoms with Gasteiger partial charge >= 0.3 is 0 Å². The highest BCUT2D eigenvalue weighted by molar-refractivity contribution is 7.19. The van der Waals surface area contributed by atoms with Crippen LogP contribution < -0.4 is 10.6 Å². The number of phenolic OH excluding ortho intramolecular Hbond substituents is 1. The van der Waals surface area contributed by atoms with E-state index in [0.717, 1.165) is 17.0 Å².